The Morgan fingerprint density at radius 3 is 2.48 bits per heavy atom. The third kappa shape index (κ3) is 11.7. The minimum absolute atomic E-state index is 0.101. The van der Waals surface area contributed by atoms with Crippen LogP contribution in [-0.4, -0.2) is 77.1 Å². The number of aromatic nitrogens is 2. The number of aryl methyl sites for hydroxylation is 2. The van der Waals surface area contributed by atoms with Gasteiger partial charge in [0.1, 0.15) is 12.4 Å². The Labute approximate surface area is 322 Å². The molecule has 54 heavy (non-hydrogen) atoms. The van der Waals surface area contributed by atoms with Crippen LogP contribution in [0.1, 0.15) is 62.9 Å². The molecule has 3 aromatic carbocycles. The first-order valence-corrected chi connectivity index (χ1v) is 20.2. The molecule has 0 saturated carbocycles. The summed E-state index contributed by atoms with van der Waals surface area (Å²) >= 11 is -1.26. The van der Waals surface area contributed by atoms with E-state index in [-0.39, 0.29) is 12.5 Å². The number of hydrogen-bond donors (Lipinski definition) is 3. The molecule has 0 bridgehead atoms. The molecule has 12 heteroatoms. The van der Waals surface area contributed by atoms with Crippen molar-refractivity contribution in [1.29, 1.82) is 0 Å². The number of benzene rings is 3. The van der Waals surface area contributed by atoms with Crippen LogP contribution in [0.15, 0.2) is 83.5 Å². The molecule has 288 valence electrons. The lowest BCUT2D eigenvalue weighted by molar-refractivity contribution is -0.135. The molecular formula is C42H53N5O6S. The van der Waals surface area contributed by atoms with Crippen LogP contribution < -0.4 is 20.3 Å². The molecule has 0 aliphatic carbocycles. The monoisotopic (exact) mass is 755 g/mol. The summed E-state index contributed by atoms with van der Waals surface area (Å²) in [4.78, 5) is 32.2. The van der Waals surface area contributed by atoms with E-state index in [0.717, 1.165) is 78.4 Å². The zero-order chi connectivity index (χ0) is 38.3. The molecule has 0 saturated heterocycles. The predicted molar refractivity (Wildman–Crippen MR) is 215 cm³/mol. The molecule has 4 aromatic rings. The van der Waals surface area contributed by atoms with E-state index in [2.05, 4.69) is 57.1 Å². The number of amides is 1. The number of nitrogens with one attached hydrogen (secondary N) is 2. The van der Waals surface area contributed by atoms with Crippen molar-refractivity contribution in [3.63, 3.8) is 0 Å². The Bertz CT molecular complexity index is 1840. The van der Waals surface area contributed by atoms with E-state index in [1.165, 1.54) is 0 Å². The van der Waals surface area contributed by atoms with Gasteiger partial charge in [0.25, 0.3) is 5.91 Å². The average molecular weight is 756 g/mol. The van der Waals surface area contributed by atoms with E-state index in [0.29, 0.717) is 61.2 Å². The van der Waals surface area contributed by atoms with E-state index < -0.39 is 17.1 Å². The standard InChI is InChI=1S/C42H53N5O6S/c1-4-6-23-52-24-25-53-37-14-9-32(10-15-37)33-11-18-39-35(26-33)27-34(8-7-21-46(39)22-19-43-28-41(48)49)42(50)45-36-12-16-38(17-13-36)54(51)29-40-31(3)44-30-47(40)20-5-2/h9-18,26-27,30,43H,4-8,19-25,28-29H2,1-3H3,(H,45,50)(H,48,49)/b34-27+. The van der Waals surface area contributed by atoms with Crippen LogP contribution in [0, 0.1) is 6.92 Å². The summed E-state index contributed by atoms with van der Waals surface area (Å²) in [6.45, 7) is 10.5. The number of ether oxygens (including phenoxy) is 2. The second-order valence-electron chi connectivity index (χ2n) is 13.4. The number of fused-ring (bicyclic) bond motifs is 1. The fourth-order valence-corrected chi connectivity index (χ4v) is 7.58. The number of carboxylic acids is 1. The zero-order valence-corrected chi connectivity index (χ0v) is 32.5. The second kappa shape index (κ2) is 20.7. The highest BCUT2D eigenvalue weighted by Gasteiger charge is 2.21. The number of aliphatic carboxylic acids is 1. The summed E-state index contributed by atoms with van der Waals surface area (Å²) in [6, 6.07) is 21.4. The summed E-state index contributed by atoms with van der Waals surface area (Å²) in [5, 5.41) is 15.1. The Balaban J connectivity index is 1.31. The predicted octanol–water partition coefficient (Wildman–Crippen LogP) is 7.07. The lowest BCUT2D eigenvalue weighted by atomic mass is 9.96. The number of hydrogen-bond acceptors (Lipinski definition) is 8. The fraction of sp³-hybridized carbons (Fsp3) is 0.405. The Morgan fingerprint density at radius 1 is 0.963 bits per heavy atom. The van der Waals surface area contributed by atoms with Crippen molar-refractivity contribution < 1.29 is 28.7 Å². The largest absolute Gasteiger partial charge is 0.611 e. The van der Waals surface area contributed by atoms with Gasteiger partial charge in [-0.2, -0.15) is 0 Å². The number of nitrogens with zero attached hydrogens (tertiary/aromatic N) is 3. The van der Waals surface area contributed by atoms with Crippen LogP contribution in [0.3, 0.4) is 0 Å². The number of imidazole rings is 1. The molecule has 1 atom stereocenters. The number of anilines is 2. The van der Waals surface area contributed by atoms with Gasteiger partial charge in [0.15, 0.2) is 10.6 Å². The first-order chi connectivity index (χ1) is 26.2. The first-order valence-electron chi connectivity index (χ1n) is 18.9. The normalized spacial score (nSPS) is 14.4. The van der Waals surface area contributed by atoms with Crippen molar-refractivity contribution in [2.24, 2.45) is 0 Å². The number of carboxylic acid groups (broad SMARTS) is 1. The van der Waals surface area contributed by atoms with Crippen LogP contribution in [0.5, 0.6) is 5.75 Å². The third-order valence-corrected chi connectivity index (χ3v) is 10.6. The molecule has 1 aliphatic rings. The Morgan fingerprint density at radius 2 is 1.74 bits per heavy atom. The number of carbonyl (C=O) groups excluding carboxylic acids is 1. The summed E-state index contributed by atoms with van der Waals surface area (Å²) in [5.41, 5.74) is 7.06. The highest BCUT2D eigenvalue weighted by molar-refractivity contribution is 7.90. The highest BCUT2D eigenvalue weighted by atomic mass is 32.2. The average Bonchev–Trinajstić information content (AvgIpc) is 3.50. The molecule has 3 N–H and O–H groups in total. The van der Waals surface area contributed by atoms with Crippen molar-refractivity contribution >= 4 is 40.5 Å². The lowest BCUT2D eigenvalue weighted by Gasteiger charge is -2.29. The Hall–Kier alpha value is -4.62. The zero-order valence-electron chi connectivity index (χ0n) is 31.6. The molecule has 0 fully saturated rings. The van der Waals surface area contributed by atoms with Crippen LogP contribution in [0.25, 0.3) is 17.2 Å². The minimum atomic E-state index is -1.26. The van der Waals surface area contributed by atoms with Crippen molar-refractivity contribution in [3.8, 4) is 16.9 Å². The maximum atomic E-state index is 13.8. The molecule has 1 aliphatic heterocycles. The molecular weight excluding hydrogens is 703 g/mol. The van der Waals surface area contributed by atoms with Gasteiger partial charge in [0, 0.05) is 49.7 Å². The second-order valence-corrected chi connectivity index (χ2v) is 14.8. The third-order valence-electron chi connectivity index (χ3n) is 9.29. The topological polar surface area (TPSA) is 141 Å². The smallest absolute Gasteiger partial charge is 0.317 e. The maximum absolute atomic E-state index is 13.8. The van der Waals surface area contributed by atoms with Crippen molar-refractivity contribution in [2.45, 2.75) is 70.1 Å². The van der Waals surface area contributed by atoms with Gasteiger partial charge in [0.05, 0.1) is 30.9 Å². The van der Waals surface area contributed by atoms with E-state index in [1.807, 2.05) is 55.7 Å². The van der Waals surface area contributed by atoms with E-state index >= 15 is 0 Å². The molecule has 5 rings (SSSR count). The number of rotatable bonds is 20. The van der Waals surface area contributed by atoms with Gasteiger partial charge in [-0.25, -0.2) is 4.98 Å². The van der Waals surface area contributed by atoms with Gasteiger partial charge in [-0.15, -0.1) is 0 Å². The van der Waals surface area contributed by atoms with Gasteiger partial charge in [-0.05, 0) is 115 Å². The number of carbonyl (C=O) groups is 2. The SMILES string of the molecule is CCCCOCCOc1ccc(-c2ccc3c(c2)/C=C(/C(=O)Nc2ccc([S+]([O-])Cc4c(C)ncn4CCC)cc2)CCCN3CCNCC(=O)O)cc1. The van der Waals surface area contributed by atoms with Gasteiger partial charge in [-0.1, -0.05) is 38.5 Å². The molecule has 1 unspecified atom stereocenters. The molecule has 1 amide bonds. The molecule has 1 aromatic heterocycles. The fourth-order valence-electron chi connectivity index (χ4n) is 6.35. The van der Waals surface area contributed by atoms with Crippen molar-refractivity contribution in [2.75, 3.05) is 56.2 Å². The van der Waals surface area contributed by atoms with Crippen LogP contribution in [0.4, 0.5) is 11.4 Å². The van der Waals surface area contributed by atoms with Crippen LogP contribution in [-0.2, 0) is 37.8 Å². The summed E-state index contributed by atoms with van der Waals surface area (Å²) < 4.78 is 26.8. The number of unbranched alkanes of at least 4 members (excludes halogenated alkanes) is 1. The molecule has 2 heterocycles. The van der Waals surface area contributed by atoms with Gasteiger partial charge in [0.2, 0.25) is 0 Å². The minimum Gasteiger partial charge on any atom is -0.611 e. The quantitative estimate of drug-likeness (QED) is 0.0638. The lowest BCUT2D eigenvalue weighted by Crippen LogP contribution is -2.35. The Kier molecular flexibility index (Phi) is 15.6. The van der Waals surface area contributed by atoms with Crippen molar-refractivity contribution in [1.82, 2.24) is 14.9 Å². The molecule has 0 radical (unpaired) electrons. The van der Waals surface area contributed by atoms with Crippen LogP contribution in [0.2, 0.25) is 0 Å². The molecule has 0 spiro atoms. The van der Waals surface area contributed by atoms with Gasteiger partial charge < -0.3 is 39.2 Å². The van der Waals surface area contributed by atoms with Crippen molar-refractivity contribution in [3.05, 3.63) is 95.6 Å². The van der Waals surface area contributed by atoms with E-state index in [1.54, 1.807) is 12.1 Å². The van der Waals surface area contributed by atoms with Gasteiger partial charge in [-0.3, -0.25) is 9.59 Å². The summed E-state index contributed by atoms with van der Waals surface area (Å²) in [7, 11) is 0. The first kappa shape index (κ1) is 40.6. The van der Waals surface area contributed by atoms with E-state index in [4.69, 9.17) is 14.6 Å². The van der Waals surface area contributed by atoms with Gasteiger partial charge >= 0.3 is 5.97 Å². The highest BCUT2D eigenvalue weighted by Crippen LogP contribution is 2.33. The summed E-state index contributed by atoms with van der Waals surface area (Å²) in [6.07, 6.45) is 8.20. The molecule has 11 nitrogen and oxygen atoms in total. The maximum Gasteiger partial charge on any atom is 0.317 e. The summed E-state index contributed by atoms with van der Waals surface area (Å²) in [5.74, 6) is 0.0785. The van der Waals surface area contributed by atoms with Crippen LogP contribution >= 0.6 is 0 Å². The van der Waals surface area contributed by atoms with E-state index in [9.17, 15) is 14.1 Å².